The summed E-state index contributed by atoms with van der Waals surface area (Å²) in [6.07, 6.45) is 0.131. The second kappa shape index (κ2) is 5.11. The molecule has 3 N–H and O–H groups in total. The fourth-order valence-electron chi connectivity index (χ4n) is 0.944. The topological polar surface area (TPSA) is 66.6 Å². The standard InChI is InChI=1S/C8H18N2O2/c1-4-7(9)8(12)10(3)5-6(2)11/h6-7,11H,4-5,9H2,1-3H3. The summed E-state index contributed by atoms with van der Waals surface area (Å²) in [6, 6.07) is -0.436. The van der Waals surface area contributed by atoms with Crippen LogP contribution in [0.4, 0.5) is 0 Å². The van der Waals surface area contributed by atoms with Crippen LogP contribution in [-0.4, -0.2) is 41.7 Å². The summed E-state index contributed by atoms with van der Waals surface area (Å²) in [4.78, 5) is 12.8. The Bertz CT molecular complexity index is 148. The van der Waals surface area contributed by atoms with Crippen molar-refractivity contribution in [3.8, 4) is 0 Å². The Morgan fingerprint density at radius 1 is 1.67 bits per heavy atom. The highest BCUT2D eigenvalue weighted by Crippen LogP contribution is 1.95. The average Bonchev–Trinajstić information content (AvgIpc) is 2.00. The van der Waals surface area contributed by atoms with Gasteiger partial charge in [0.15, 0.2) is 0 Å². The van der Waals surface area contributed by atoms with E-state index in [0.29, 0.717) is 13.0 Å². The number of amides is 1. The number of carbonyl (C=O) groups is 1. The minimum atomic E-state index is -0.497. The lowest BCUT2D eigenvalue weighted by molar-refractivity contribution is -0.132. The molecule has 0 bridgehead atoms. The number of hydrogen-bond donors (Lipinski definition) is 2. The first-order chi connectivity index (χ1) is 5.49. The first-order valence-corrected chi connectivity index (χ1v) is 4.17. The number of aliphatic hydroxyl groups is 1. The van der Waals surface area contributed by atoms with Gasteiger partial charge in [-0.05, 0) is 13.3 Å². The molecule has 0 aliphatic rings. The summed E-state index contributed by atoms with van der Waals surface area (Å²) in [6.45, 7) is 3.84. The van der Waals surface area contributed by atoms with E-state index in [4.69, 9.17) is 10.8 Å². The minimum absolute atomic E-state index is 0.113. The van der Waals surface area contributed by atoms with E-state index in [1.54, 1.807) is 14.0 Å². The predicted molar refractivity (Wildman–Crippen MR) is 47.6 cm³/mol. The van der Waals surface area contributed by atoms with Crippen LogP contribution >= 0.6 is 0 Å². The second-order valence-electron chi connectivity index (χ2n) is 3.08. The van der Waals surface area contributed by atoms with Gasteiger partial charge in [-0.15, -0.1) is 0 Å². The van der Waals surface area contributed by atoms with E-state index in [2.05, 4.69) is 0 Å². The molecule has 12 heavy (non-hydrogen) atoms. The van der Waals surface area contributed by atoms with Gasteiger partial charge in [-0.2, -0.15) is 0 Å². The largest absolute Gasteiger partial charge is 0.392 e. The second-order valence-corrected chi connectivity index (χ2v) is 3.08. The normalized spacial score (nSPS) is 15.4. The van der Waals surface area contributed by atoms with Crippen molar-refractivity contribution < 1.29 is 9.90 Å². The molecule has 4 nitrogen and oxygen atoms in total. The van der Waals surface area contributed by atoms with Crippen molar-refractivity contribution in [2.24, 2.45) is 5.73 Å². The number of nitrogens with two attached hydrogens (primary N) is 1. The molecule has 0 fully saturated rings. The molecule has 72 valence electrons. The third-order valence-electron chi connectivity index (χ3n) is 1.67. The Balaban J connectivity index is 3.92. The van der Waals surface area contributed by atoms with Crippen LogP contribution in [0, 0.1) is 0 Å². The van der Waals surface area contributed by atoms with Crippen molar-refractivity contribution in [2.75, 3.05) is 13.6 Å². The van der Waals surface area contributed by atoms with Crippen LogP contribution in [0.25, 0.3) is 0 Å². The van der Waals surface area contributed by atoms with Crippen LogP contribution in [0.15, 0.2) is 0 Å². The lowest BCUT2D eigenvalue weighted by Crippen LogP contribution is -2.43. The number of nitrogens with zero attached hydrogens (tertiary/aromatic N) is 1. The minimum Gasteiger partial charge on any atom is -0.392 e. The van der Waals surface area contributed by atoms with Crippen LogP contribution in [-0.2, 0) is 4.79 Å². The van der Waals surface area contributed by atoms with E-state index in [1.807, 2.05) is 6.92 Å². The van der Waals surface area contributed by atoms with Crippen LogP contribution in [0.5, 0.6) is 0 Å². The zero-order valence-corrected chi connectivity index (χ0v) is 7.95. The third kappa shape index (κ3) is 3.69. The molecular weight excluding hydrogens is 156 g/mol. The van der Waals surface area contributed by atoms with Crippen LogP contribution in [0.3, 0.4) is 0 Å². The molecule has 0 rings (SSSR count). The summed E-state index contributed by atoms with van der Waals surface area (Å²) in [5.74, 6) is -0.113. The van der Waals surface area contributed by atoms with Gasteiger partial charge in [0.1, 0.15) is 0 Å². The molecule has 0 aromatic rings. The molecular formula is C8H18N2O2. The van der Waals surface area contributed by atoms with Crippen molar-refractivity contribution in [2.45, 2.75) is 32.4 Å². The van der Waals surface area contributed by atoms with Crippen molar-refractivity contribution in [1.29, 1.82) is 0 Å². The van der Waals surface area contributed by atoms with Gasteiger partial charge in [0.25, 0.3) is 0 Å². The van der Waals surface area contributed by atoms with Crippen LogP contribution < -0.4 is 5.73 Å². The zero-order chi connectivity index (χ0) is 9.72. The Kier molecular flexibility index (Phi) is 4.85. The molecule has 0 saturated heterocycles. The first kappa shape index (κ1) is 11.4. The molecule has 0 heterocycles. The van der Waals surface area contributed by atoms with E-state index in [0.717, 1.165) is 0 Å². The Labute approximate surface area is 73.3 Å². The first-order valence-electron chi connectivity index (χ1n) is 4.17. The molecule has 2 atom stereocenters. The summed E-state index contributed by atoms with van der Waals surface area (Å²) in [5.41, 5.74) is 5.52. The molecule has 0 radical (unpaired) electrons. The molecule has 0 spiro atoms. The molecule has 0 aromatic carbocycles. The molecule has 0 saturated carbocycles. The SMILES string of the molecule is CCC(N)C(=O)N(C)CC(C)O. The predicted octanol–water partition coefficient (Wildman–Crippen LogP) is -0.437. The lowest BCUT2D eigenvalue weighted by atomic mass is 10.2. The highest BCUT2D eigenvalue weighted by molar-refractivity contribution is 5.81. The van der Waals surface area contributed by atoms with Crippen molar-refractivity contribution in [1.82, 2.24) is 4.90 Å². The number of rotatable bonds is 4. The highest BCUT2D eigenvalue weighted by atomic mass is 16.3. The maximum atomic E-state index is 11.3. The molecule has 4 heteroatoms. The molecule has 0 aliphatic heterocycles. The van der Waals surface area contributed by atoms with Crippen LogP contribution in [0.2, 0.25) is 0 Å². The van der Waals surface area contributed by atoms with Gasteiger partial charge in [-0.3, -0.25) is 4.79 Å². The summed E-state index contributed by atoms with van der Waals surface area (Å²) in [5, 5.41) is 8.99. The molecule has 0 aliphatic carbocycles. The van der Waals surface area contributed by atoms with Crippen molar-refractivity contribution in [3.05, 3.63) is 0 Å². The molecule has 0 aromatic heterocycles. The summed E-state index contributed by atoms with van der Waals surface area (Å²) >= 11 is 0. The number of carbonyl (C=O) groups excluding carboxylic acids is 1. The number of likely N-dealkylation sites (N-methyl/N-ethyl adjacent to an activating group) is 1. The van der Waals surface area contributed by atoms with E-state index in [9.17, 15) is 4.79 Å². The van der Waals surface area contributed by atoms with Crippen molar-refractivity contribution >= 4 is 5.91 Å². The number of hydrogen-bond acceptors (Lipinski definition) is 3. The fourth-order valence-corrected chi connectivity index (χ4v) is 0.944. The van der Waals surface area contributed by atoms with Crippen LogP contribution in [0.1, 0.15) is 20.3 Å². The van der Waals surface area contributed by atoms with Gasteiger partial charge in [-0.1, -0.05) is 6.92 Å². The van der Waals surface area contributed by atoms with E-state index in [-0.39, 0.29) is 5.91 Å². The Morgan fingerprint density at radius 3 is 2.50 bits per heavy atom. The third-order valence-corrected chi connectivity index (χ3v) is 1.67. The molecule has 1 amide bonds. The van der Waals surface area contributed by atoms with Gasteiger partial charge in [0.05, 0.1) is 12.1 Å². The maximum Gasteiger partial charge on any atom is 0.239 e. The summed E-state index contributed by atoms with van der Waals surface area (Å²) in [7, 11) is 1.64. The van der Waals surface area contributed by atoms with E-state index in [1.165, 1.54) is 4.90 Å². The van der Waals surface area contributed by atoms with Gasteiger partial charge < -0.3 is 15.7 Å². The van der Waals surface area contributed by atoms with E-state index >= 15 is 0 Å². The van der Waals surface area contributed by atoms with Gasteiger partial charge in [-0.25, -0.2) is 0 Å². The Morgan fingerprint density at radius 2 is 2.17 bits per heavy atom. The highest BCUT2D eigenvalue weighted by Gasteiger charge is 2.16. The summed E-state index contributed by atoms with van der Waals surface area (Å²) < 4.78 is 0. The average molecular weight is 174 g/mol. The molecule has 2 unspecified atom stereocenters. The van der Waals surface area contributed by atoms with Crippen molar-refractivity contribution in [3.63, 3.8) is 0 Å². The Hall–Kier alpha value is -0.610. The van der Waals surface area contributed by atoms with E-state index < -0.39 is 12.1 Å². The smallest absolute Gasteiger partial charge is 0.239 e. The number of aliphatic hydroxyl groups excluding tert-OH is 1. The van der Waals surface area contributed by atoms with Gasteiger partial charge >= 0.3 is 0 Å². The maximum absolute atomic E-state index is 11.3. The quantitative estimate of drug-likeness (QED) is 0.607. The van der Waals surface area contributed by atoms with Gasteiger partial charge in [0, 0.05) is 13.6 Å². The monoisotopic (exact) mass is 174 g/mol. The zero-order valence-electron chi connectivity index (χ0n) is 7.95. The van der Waals surface area contributed by atoms with Gasteiger partial charge in [0.2, 0.25) is 5.91 Å². The fraction of sp³-hybridized carbons (Fsp3) is 0.875. The lowest BCUT2D eigenvalue weighted by Gasteiger charge is -2.21.